The number of isothiocyanates is 1. The minimum atomic E-state index is 0.537. The largest absolute Gasteiger partial charge is 0.457 e. The Morgan fingerprint density at radius 3 is 2.53 bits per heavy atom. The summed E-state index contributed by atoms with van der Waals surface area (Å²) in [5, 5.41) is 2.35. The Bertz CT molecular complexity index is 533. The lowest BCUT2D eigenvalue weighted by Gasteiger charge is -2.06. The van der Waals surface area contributed by atoms with Crippen molar-refractivity contribution in [2.75, 3.05) is 0 Å². The topological polar surface area (TPSA) is 21.6 Å². The smallest absolute Gasteiger partial charge is 0.127 e. The first-order valence-electron chi connectivity index (χ1n) is 5.24. The van der Waals surface area contributed by atoms with Crippen LogP contribution in [0.15, 0.2) is 59.6 Å². The number of aliphatic imine (C=N–C) groups is 1. The summed E-state index contributed by atoms with van der Waals surface area (Å²) < 4.78 is 5.71. The van der Waals surface area contributed by atoms with Gasteiger partial charge in [-0.15, -0.1) is 0 Å². The van der Waals surface area contributed by atoms with Gasteiger partial charge in [-0.25, -0.2) is 4.99 Å². The number of hydrogen-bond donors (Lipinski definition) is 0. The molecule has 0 amide bonds. The standard InChI is InChI=1S/C14H11NOS/c17-11-15-10-12-5-4-8-14(9-12)16-13-6-2-1-3-7-13/h1-9H,10H2. The average Bonchev–Trinajstić information content (AvgIpc) is 2.38. The van der Waals surface area contributed by atoms with Gasteiger partial charge in [0.1, 0.15) is 11.5 Å². The number of thiocarbonyl (C=S) groups is 1. The van der Waals surface area contributed by atoms with Crippen LogP contribution in [0.4, 0.5) is 0 Å². The number of benzene rings is 2. The van der Waals surface area contributed by atoms with Crippen LogP contribution in [0.25, 0.3) is 0 Å². The number of para-hydroxylation sites is 1. The lowest BCUT2D eigenvalue weighted by Crippen LogP contribution is -1.86. The molecule has 0 radical (unpaired) electrons. The zero-order valence-electron chi connectivity index (χ0n) is 9.17. The molecule has 0 fully saturated rings. The van der Waals surface area contributed by atoms with Gasteiger partial charge in [-0.05, 0) is 42.0 Å². The quantitative estimate of drug-likeness (QED) is 0.594. The van der Waals surface area contributed by atoms with Gasteiger partial charge in [0.2, 0.25) is 0 Å². The van der Waals surface area contributed by atoms with Gasteiger partial charge in [0.05, 0.1) is 11.7 Å². The number of ether oxygens (including phenoxy) is 1. The molecule has 2 aromatic carbocycles. The third kappa shape index (κ3) is 3.52. The third-order valence-electron chi connectivity index (χ3n) is 2.20. The number of nitrogens with zero attached hydrogens (tertiary/aromatic N) is 1. The van der Waals surface area contributed by atoms with E-state index in [4.69, 9.17) is 4.74 Å². The SMILES string of the molecule is S=C=NCc1cccc(Oc2ccccc2)c1. The number of rotatable bonds is 4. The molecule has 0 heterocycles. The molecule has 0 unspecified atom stereocenters. The van der Waals surface area contributed by atoms with Crippen molar-refractivity contribution in [3.63, 3.8) is 0 Å². The highest BCUT2D eigenvalue weighted by molar-refractivity contribution is 7.78. The maximum absolute atomic E-state index is 5.71. The van der Waals surface area contributed by atoms with Crippen LogP contribution in [0.3, 0.4) is 0 Å². The van der Waals surface area contributed by atoms with E-state index in [1.807, 2.05) is 54.6 Å². The van der Waals surface area contributed by atoms with Gasteiger partial charge < -0.3 is 4.74 Å². The van der Waals surface area contributed by atoms with E-state index >= 15 is 0 Å². The Hall–Kier alpha value is -1.96. The van der Waals surface area contributed by atoms with E-state index in [1.165, 1.54) is 0 Å². The lowest BCUT2D eigenvalue weighted by molar-refractivity contribution is 0.482. The van der Waals surface area contributed by atoms with Crippen LogP contribution in [0.1, 0.15) is 5.56 Å². The van der Waals surface area contributed by atoms with Gasteiger partial charge in [-0.2, -0.15) is 0 Å². The highest BCUT2D eigenvalue weighted by Gasteiger charge is 1.97. The van der Waals surface area contributed by atoms with Crippen LogP contribution >= 0.6 is 12.2 Å². The molecule has 3 heteroatoms. The first-order valence-corrected chi connectivity index (χ1v) is 5.65. The van der Waals surface area contributed by atoms with Crippen molar-refractivity contribution in [2.45, 2.75) is 6.54 Å². The van der Waals surface area contributed by atoms with E-state index in [0.29, 0.717) is 6.54 Å². The van der Waals surface area contributed by atoms with Crippen molar-refractivity contribution in [2.24, 2.45) is 4.99 Å². The van der Waals surface area contributed by atoms with E-state index in [1.54, 1.807) is 0 Å². The van der Waals surface area contributed by atoms with E-state index in [2.05, 4.69) is 22.4 Å². The monoisotopic (exact) mass is 241 g/mol. The predicted molar refractivity (Wildman–Crippen MR) is 71.7 cm³/mol. The van der Waals surface area contributed by atoms with E-state index in [-0.39, 0.29) is 0 Å². The second-order valence-corrected chi connectivity index (χ2v) is 3.65. The summed E-state index contributed by atoms with van der Waals surface area (Å²) in [5.74, 6) is 1.62. The molecule has 2 rings (SSSR count). The minimum Gasteiger partial charge on any atom is -0.457 e. The predicted octanol–water partition coefficient (Wildman–Crippen LogP) is 4.08. The van der Waals surface area contributed by atoms with Gasteiger partial charge in [-0.3, -0.25) is 0 Å². The van der Waals surface area contributed by atoms with Crippen LogP contribution < -0.4 is 4.74 Å². The molecule has 0 aromatic heterocycles. The molecule has 0 aliphatic carbocycles. The Labute approximate surface area is 106 Å². The zero-order valence-corrected chi connectivity index (χ0v) is 9.98. The molecule has 0 saturated carbocycles. The van der Waals surface area contributed by atoms with Crippen LogP contribution in [-0.4, -0.2) is 5.16 Å². The summed E-state index contributed by atoms with van der Waals surface area (Å²) in [6.45, 7) is 0.537. The van der Waals surface area contributed by atoms with Crippen molar-refractivity contribution in [3.05, 3.63) is 60.2 Å². The zero-order chi connectivity index (χ0) is 11.9. The van der Waals surface area contributed by atoms with E-state index in [9.17, 15) is 0 Å². The molecule has 0 atom stereocenters. The molecule has 0 bridgehead atoms. The fourth-order valence-electron chi connectivity index (χ4n) is 1.46. The summed E-state index contributed by atoms with van der Waals surface area (Å²) in [6.07, 6.45) is 0. The summed E-state index contributed by atoms with van der Waals surface area (Å²) >= 11 is 4.54. The fraction of sp³-hybridized carbons (Fsp3) is 0.0714. The van der Waals surface area contributed by atoms with Crippen molar-refractivity contribution in [1.29, 1.82) is 0 Å². The Morgan fingerprint density at radius 1 is 1.00 bits per heavy atom. The Kier molecular flexibility index (Phi) is 4.03. The molecular formula is C14H11NOS. The van der Waals surface area contributed by atoms with Gasteiger partial charge in [0, 0.05) is 0 Å². The third-order valence-corrected chi connectivity index (χ3v) is 2.33. The summed E-state index contributed by atoms with van der Waals surface area (Å²) in [5.41, 5.74) is 1.05. The van der Waals surface area contributed by atoms with Gasteiger partial charge in [0.25, 0.3) is 0 Å². The highest BCUT2D eigenvalue weighted by Crippen LogP contribution is 2.21. The van der Waals surface area contributed by atoms with Gasteiger partial charge >= 0.3 is 0 Å². The normalized spacial score (nSPS) is 9.41. The van der Waals surface area contributed by atoms with Crippen LogP contribution in [0.5, 0.6) is 11.5 Å². The Morgan fingerprint density at radius 2 is 1.76 bits per heavy atom. The van der Waals surface area contributed by atoms with E-state index < -0.39 is 0 Å². The molecule has 84 valence electrons. The van der Waals surface area contributed by atoms with Gasteiger partial charge in [0.15, 0.2) is 0 Å². The molecule has 17 heavy (non-hydrogen) atoms. The molecule has 0 saturated heterocycles. The van der Waals surface area contributed by atoms with Crippen LogP contribution in [0.2, 0.25) is 0 Å². The molecule has 0 N–H and O–H groups in total. The molecule has 0 aliphatic rings. The maximum Gasteiger partial charge on any atom is 0.127 e. The second-order valence-electron chi connectivity index (χ2n) is 3.47. The van der Waals surface area contributed by atoms with Gasteiger partial charge in [-0.1, -0.05) is 30.3 Å². The molecule has 0 spiro atoms. The molecule has 0 aliphatic heterocycles. The highest BCUT2D eigenvalue weighted by atomic mass is 32.1. The van der Waals surface area contributed by atoms with Crippen molar-refractivity contribution < 1.29 is 4.74 Å². The lowest BCUT2D eigenvalue weighted by atomic mass is 10.2. The molecular weight excluding hydrogens is 230 g/mol. The summed E-state index contributed by atoms with van der Waals surface area (Å²) in [6, 6.07) is 17.5. The van der Waals surface area contributed by atoms with Crippen LogP contribution in [0, 0.1) is 0 Å². The van der Waals surface area contributed by atoms with Crippen molar-refractivity contribution >= 4 is 17.4 Å². The Balaban J connectivity index is 2.14. The summed E-state index contributed by atoms with van der Waals surface area (Å²) in [4.78, 5) is 3.90. The number of hydrogen-bond acceptors (Lipinski definition) is 3. The second kappa shape index (κ2) is 5.94. The average molecular weight is 241 g/mol. The minimum absolute atomic E-state index is 0.537. The first kappa shape index (κ1) is 11.5. The van der Waals surface area contributed by atoms with Crippen LogP contribution in [-0.2, 0) is 6.54 Å². The molecule has 2 aromatic rings. The first-order chi connectivity index (χ1) is 8.38. The maximum atomic E-state index is 5.71. The fourth-order valence-corrected chi connectivity index (χ4v) is 1.52. The van der Waals surface area contributed by atoms with Crippen molar-refractivity contribution in [1.82, 2.24) is 0 Å². The summed E-state index contributed by atoms with van der Waals surface area (Å²) in [7, 11) is 0. The van der Waals surface area contributed by atoms with E-state index in [0.717, 1.165) is 17.1 Å². The molecule has 2 nitrogen and oxygen atoms in total. The van der Waals surface area contributed by atoms with Crippen molar-refractivity contribution in [3.8, 4) is 11.5 Å².